The van der Waals surface area contributed by atoms with Crippen molar-refractivity contribution in [1.82, 2.24) is 4.98 Å². The van der Waals surface area contributed by atoms with Crippen molar-refractivity contribution in [3.63, 3.8) is 0 Å². The van der Waals surface area contributed by atoms with E-state index in [1.54, 1.807) is 18.3 Å². The summed E-state index contributed by atoms with van der Waals surface area (Å²) < 4.78 is 0. The molecule has 4 heteroatoms. The number of nitrogens with two attached hydrogens (primary N) is 2. The lowest BCUT2D eigenvalue weighted by molar-refractivity contribution is -0.118. The minimum absolute atomic E-state index is 0.136. The molecule has 1 aromatic rings. The van der Waals surface area contributed by atoms with E-state index < -0.39 is 5.91 Å². The van der Waals surface area contributed by atoms with Gasteiger partial charge in [-0.15, -0.1) is 0 Å². The molecule has 1 aromatic heterocycles. The molecule has 12 heavy (non-hydrogen) atoms. The second-order valence-corrected chi connectivity index (χ2v) is 2.53. The Morgan fingerprint density at radius 1 is 1.58 bits per heavy atom. The average Bonchev–Trinajstić information content (AvgIpc) is 2.05. The van der Waals surface area contributed by atoms with Crippen molar-refractivity contribution in [2.45, 2.75) is 12.5 Å². The van der Waals surface area contributed by atoms with Gasteiger partial charge in [0.1, 0.15) is 0 Å². The van der Waals surface area contributed by atoms with E-state index in [0.717, 1.165) is 0 Å². The van der Waals surface area contributed by atoms with Gasteiger partial charge in [-0.05, 0) is 12.1 Å². The van der Waals surface area contributed by atoms with Gasteiger partial charge in [-0.25, -0.2) is 0 Å². The summed E-state index contributed by atoms with van der Waals surface area (Å²) in [7, 11) is 0. The van der Waals surface area contributed by atoms with Crippen molar-refractivity contribution in [3.05, 3.63) is 30.1 Å². The Balaban J connectivity index is 2.65. The number of amides is 1. The Morgan fingerprint density at radius 2 is 2.33 bits per heavy atom. The maximum atomic E-state index is 10.5. The SMILES string of the molecule is NC(=O)C[C@@H](N)c1ccccn1. The van der Waals surface area contributed by atoms with Crippen LogP contribution in [0, 0.1) is 0 Å². The molecule has 1 atom stereocenters. The fourth-order valence-electron chi connectivity index (χ4n) is 0.917. The summed E-state index contributed by atoms with van der Waals surface area (Å²) in [6.45, 7) is 0. The summed E-state index contributed by atoms with van der Waals surface area (Å²) in [4.78, 5) is 14.5. The van der Waals surface area contributed by atoms with Crippen LogP contribution in [-0.2, 0) is 4.79 Å². The van der Waals surface area contributed by atoms with Crippen LogP contribution < -0.4 is 11.5 Å². The summed E-state index contributed by atoms with van der Waals surface area (Å²) in [6, 6.07) is 5.00. The first-order valence-corrected chi connectivity index (χ1v) is 3.65. The van der Waals surface area contributed by atoms with Gasteiger partial charge in [0, 0.05) is 12.6 Å². The molecule has 0 saturated heterocycles. The van der Waals surface area contributed by atoms with E-state index in [0.29, 0.717) is 5.69 Å². The number of aromatic nitrogens is 1. The lowest BCUT2D eigenvalue weighted by atomic mass is 10.1. The maximum absolute atomic E-state index is 10.5. The third kappa shape index (κ3) is 2.32. The van der Waals surface area contributed by atoms with E-state index in [2.05, 4.69) is 4.98 Å². The van der Waals surface area contributed by atoms with Crippen LogP contribution in [0.3, 0.4) is 0 Å². The molecule has 0 aliphatic carbocycles. The van der Waals surface area contributed by atoms with Gasteiger partial charge < -0.3 is 11.5 Å². The smallest absolute Gasteiger partial charge is 0.219 e. The van der Waals surface area contributed by atoms with Crippen molar-refractivity contribution >= 4 is 5.91 Å². The fraction of sp³-hybridized carbons (Fsp3) is 0.250. The summed E-state index contributed by atoms with van der Waals surface area (Å²) in [5.74, 6) is -0.409. The zero-order valence-corrected chi connectivity index (χ0v) is 6.60. The topological polar surface area (TPSA) is 82.0 Å². The van der Waals surface area contributed by atoms with Gasteiger partial charge in [-0.1, -0.05) is 6.07 Å². The molecule has 0 fully saturated rings. The third-order valence-corrected chi connectivity index (χ3v) is 1.49. The average molecular weight is 165 g/mol. The quantitative estimate of drug-likeness (QED) is 0.659. The van der Waals surface area contributed by atoms with Crippen LogP contribution in [0.5, 0.6) is 0 Å². The van der Waals surface area contributed by atoms with Crippen LogP contribution in [-0.4, -0.2) is 10.9 Å². The van der Waals surface area contributed by atoms with Crippen LogP contribution in [0.25, 0.3) is 0 Å². The minimum atomic E-state index is -0.409. The van der Waals surface area contributed by atoms with E-state index in [1.807, 2.05) is 6.07 Å². The zero-order chi connectivity index (χ0) is 8.97. The number of nitrogens with zero attached hydrogens (tertiary/aromatic N) is 1. The molecule has 0 aliphatic heterocycles. The number of pyridine rings is 1. The maximum Gasteiger partial charge on any atom is 0.219 e. The molecule has 1 amide bonds. The minimum Gasteiger partial charge on any atom is -0.370 e. The Morgan fingerprint density at radius 3 is 2.83 bits per heavy atom. The van der Waals surface area contributed by atoms with Crippen molar-refractivity contribution in [2.24, 2.45) is 11.5 Å². The third-order valence-electron chi connectivity index (χ3n) is 1.49. The molecule has 1 rings (SSSR count). The highest BCUT2D eigenvalue weighted by molar-refractivity contribution is 5.74. The molecule has 4 nitrogen and oxygen atoms in total. The van der Waals surface area contributed by atoms with Crippen LogP contribution in [0.2, 0.25) is 0 Å². The molecule has 1 heterocycles. The number of hydrogen-bond donors (Lipinski definition) is 2. The van der Waals surface area contributed by atoms with Crippen molar-refractivity contribution in [2.75, 3.05) is 0 Å². The predicted octanol–water partition coefficient (Wildman–Crippen LogP) is -0.0432. The molecule has 0 saturated carbocycles. The number of carbonyl (C=O) groups excluding carboxylic acids is 1. The fourth-order valence-corrected chi connectivity index (χ4v) is 0.917. The zero-order valence-electron chi connectivity index (χ0n) is 6.60. The monoisotopic (exact) mass is 165 g/mol. The summed E-state index contributed by atoms with van der Waals surface area (Å²) in [5.41, 5.74) is 11.3. The Hall–Kier alpha value is -1.42. The molecule has 0 aromatic carbocycles. The van der Waals surface area contributed by atoms with Gasteiger partial charge in [0.05, 0.1) is 11.7 Å². The second-order valence-electron chi connectivity index (χ2n) is 2.53. The molecule has 0 unspecified atom stereocenters. The summed E-state index contributed by atoms with van der Waals surface area (Å²) in [5, 5.41) is 0. The Bertz CT molecular complexity index is 260. The number of primary amides is 1. The van der Waals surface area contributed by atoms with Crippen LogP contribution in [0.15, 0.2) is 24.4 Å². The highest BCUT2D eigenvalue weighted by Gasteiger charge is 2.08. The standard InChI is InChI=1S/C8H11N3O/c9-6(5-8(10)12)7-3-1-2-4-11-7/h1-4,6H,5,9H2,(H2,10,12)/t6-/m1/s1. The number of hydrogen-bond acceptors (Lipinski definition) is 3. The highest BCUT2D eigenvalue weighted by atomic mass is 16.1. The van der Waals surface area contributed by atoms with Gasteiger partial charge in [0.15, 0.2) is 0 Å². The predicted molar refractivity (Wildman–Crippen MR) is 45.0 cm³/mol. The second kappa shape index (κ2) is 3.82. The van der Waals surface area contributed by atoms with Gasteiger partial charge in [0.25, 0.3) is 0 Å². The van der Waals surface area contributed by atoms with E-state index in [1.165, 1.54) is 0 Å². The van der Waals surface area contributed by atoms with Crippen LogP contribution in [0.1, 0.15) is 18.2 Å². The van der Waals surface area contributed by atoms with Gasteiger partial charge >= 0.3 is 0 Å². The first kappa shape index (κ1) is 8.67. The molecule has 4 N–H and O–H groups in total. The highest BCUT2D eigenvalue weighted by Crippen LogP contribution is 2.08. The van der Waals surface area contributed by atoms with E-state index in [4.69, 9.17) is 11.5 Å². The van der Waals surface area contributed by atoms with Crippen molar-refractivity contribution in [3.8, 4) is 0 Å². The van der Waals surface area contributed by atoms with Crippen LogP contribution in [0.4, 0.5) is 0 Å². The molecule has 0 radical (unpaired) electrons. The van der Waals surface area contributed by atoms with E-state index >= 15 is 0 Å². The van der Waals surface area contributed by atoms with Crippen molar-refractivity contribution < 1.29 is 4.79 Å². The lowest BCUT2D eigenvalue weighted by Crippen LogP contribution is -2.21. The molecule has 0 spiro atoms. The Labute approximate surface area is 70.6 Å². The largest absolute Gasteiger partial charge is 0.370 e. The summed E-state index contributed by atoms with van der Waals surface area (Å²) >= 11 is 0. The van der Waals surface area contributed by atoms with Gasteiger partial charge in [-0.2, -0.15) is 0 Å². The molecular weight excluding hydrogens is 154 g/mol. The van der Waals surface area contributed by atoms with E-state index in [9.17, 15) is 4.79 Å². The van der Waals surface area contributed by atoms with Gasteiger partial charge in [0.2, 0.25) is 5.91 Å². The van der Waals surface area contributed by atoms with Crippen LogP contribution >= 0.6 is 0 Å². The number of carbonyl (C=O) groups is 1. The molecular formula is C8H11N3O. The normalized spacial score (nSPS) is 12.4. The van der Waals surface area contributed by atoms with Crippen molar-refractivity contribution in [1.29, 1.82) is 0 Å². The molecule has 0 aliphatic rings. The summed E-state index contributed by atoms with van der Waals surface area (Å²) in [6.07, 6.45) is 1.77. The number of rotatable bonds is 3. The van der Waals surface area contributed by atoms with E-state index in [-0.39, 0.29) is 12.5 Å². The lowest BCUT2D eigenvalue weighted by Gasteiger charge is -2.07. The van der Waals surface area contributed by atoms with Gasteiger partial charge in [-0.3, -0.25) is 9.78 Å². The first-order valence-electron chi connectivity index (χ1n) is 3.65. The first-order chi connectivity index (χ1) is 5.70. The Kier molecular flexibility index (Phi) is 2.76. The molecule has 0 bridgehead atoms. The molecule has 64 valence electrons.